The number of ether oxygens (including phenoxy) is 1. The van der Waals surface area contributed by atoms with Gasteiger partial charge in [0.1, 0.15) is 11.8 Å². The van der Waals surface area contributed by atoms with E-state index in [1.807, 2.05) is 30.6 Å². The van der Waals surface area contributed by atoms with Crippen LogP contribution in [0, 0.1) is 13.8 Å². The molecule has 0 radical (unpaired) electrons. The molecule has 0 bridgehead atoms. The summed E-state index contributed by atoms with van der Waals surface area (Å²) in [4.78, 5) is 29.3. The van der Waals surface area contributed by atoms with Gasteiger partial charge in [-0.25, -0.2) is 14.6 Å². The Morgan fingerprint density at radius 3 is 2.05 bits per heavy atom. The molecular weight excluding hydrogens is 598 g/mol. The van der Waals surface area contributed by atoms with Gasteiger partial charge in [0.25, 0.3) is 0 Å². The van der Waals surface area contributed by atoms with Gasteiger partial charge in [0, 0.05) is 43.8 Å². The molecule has 1 aromatic carbocycles. The van der Waals surface area contributed by atoms with Crippen molar-refractivity contribution < 1.29 is 50.9 Å². The van der Waals surface area contributed by atoms with Crippen molar-refractivity contribution in [2.24, 2.45) is 0 Å². The van der Waals surface area contributed by atoms with E-state index in [1.165, 1.54) is 16.7 Å². The Morgan fingerprint density at radius 1 is 0.932 bits per heavy atom. The minimum Gasteiger partial charge on any atom is -0.475 e. The van der Waals surface area contributed by atoms with Crippen molar-refractivity contribution >= 4 is 17.6 Å². The number of rotatable bonds is 4. The monoisotopic (exact) mass is 626 g/mol. The maximum Gasteiger partial charge on any atom is 0.490 e. The van der Waals surface area contributed by atoms with E-state index in [1.54, 1.807) is 0 Å². The summed E-state index contributed by atoms with van der Waals surface area (Å²) in [6.45, 7) is 7.78. The van der Waals surface area contributed by atoms with Crippen LogP contribution in [0.5, 0.6) is 0 Å². The quantitative estimate of drug-likeness (QED) is 0.271. The van der Waals surface area contributed by atoms with Gasteiger partial charge < -0.3 is 14.9 Å². The van der Waals surface area contributed by atoms with Crippen molar-refractivity contribution in [3.63, 3.8) is 0 Å². The number of carboxylic acids is 2. The standard InChI is InChI=1S/C25H26N4O.2C2HF3O2/c1-18-12-19(2)14-20(13-18)15-28-10-11-30-24(17-28)22-16-29-23(4-3-5-25(29)27-22)21-6-8-26-9-7-21;2*3-2(4,5)1(6)7/h3-9,12-14,16,24H,10-11,15,17H2,1-2H3;2*(H,6,7). The van der Waals surface area contributed by atoms with Crippen LogP contribution < -0.4 is 0 Å². The summed E-state index contributed by atoms with van der Waals surface area (Å²) >= 11 is 0. The van der Waals surface area contributed by atoms with E-state index in [-0.39, 0.29) is 6.10 Å². The lowest BCUT2D eigenvalue weighted by Gasteiger charge is -2.32. The molecular formula is C29H28F6N4O5. The summed E-state index contributed by atoms with van der Waals surface area (Å²) in [5.74, 6) is -5.51. The zero-order valence-electron chi connectivity index (χ0n) is 23.4. The molecule has 1 atom stereocenters. The molecule has 5 rings (SSSR count). The Balaban J connectivity index is 0.000000317. The molecule has 0 saturated carbocycles. The number of imidazole rings is 1. The molecule has 15 heteroatoms. The van der Waals surface area contributed by atoms with E-state index in [4.69, 9.17) is 29.5 Å². The summed E-state index contributed by atoms with van der Waals surface area (Å²) in [6, 6.07) is 17.0. The van der Waals surface area contributed by atoms with Crippen LogP contribution in [0.4, 0.5) is 26.3 Å². The third-order valence-corrected chi connectivity index (χ3v) is 6.14. The molecule has 1 aliphatic rings. The van der Waals surface area contributed by atoms with Crippen LogP contribution in [-0.4, -0.2) is 73.5 Å². The van der Waals surface area contributed by atoms with Crippen molar-refractivity contribution in [3.8, 4) is 11.3 Å². The number of carboxylic acid groups (broad SMARTS) is 2. The summed E-state index contributed by atoms with van der Waals surface area (Å²) < 4.78 is 71.7. The lowest BCUT2D eigenvalue weighted by atomic mass is 10.1. The van der Waals surface area contributed by atoms with Crippen molar-refractivity contribution in [1.82, 2.24) is 19.3 Å². The molecule has 4 aromatic rings. The summed E-state index contributed by atoms with van der Waals surface area (Å²) in [5.41, 5.74) is 8.16. The van der Waals surface area contributed by atoms with Crippen LogP contribution in [0.1, 0.15) is 28.5 Å². The second kappa shape index (κ2) is 14.3. The molecule has 0 aliphatic carbocycles. The minimum atomic E-state index is -5.08. The van der Waals surface area contributed by atoms with Crippen LogP contribution in [-0.2, 0) is 20.9 Å². The Kier molecular flexibility index (Phi) is 11.1. The molecule has 2 N–H and O–H groups in total. The number of carbonyl (C=O) groups is 2. The normalized spacial score (nSPS) is 15.5. The third-order valence-electron chi connectivity index (χ3n) is 6.14. The first kappa shape index (κ1) is 34.0. The second-order valence-corrected chi connectivity index (χ2v) is 9.74. The first-order valence-electron chi connectivity index (χ1n) is 12.9. The lowest BCUT2D eigenvalue weighted by molar-refractivity contribution is -0.193. The number of aromatic nitrogens is 3. The van der Waals surface area contributed by atoms with Crippen molar-refractivity contribution in [2.75, 3.05) is 19.7 Å². The largest absolute Gasteiger partial charge is 0.490 e. The smallest absolute Gasteiger partial charge is 0.475 e. The molecule has 44 heavy (non-hydrogen) atoms. The summed E-state index contributed by atoms with van der Waals surface area (Å²) in [6.07, 6.45) is -4.42. The average Bonchev–Trinajstić information content (AvgIpc) is 3.38. The number of pyridine rings is 2. The lowest BCUT2D eigenvalue weighted by Crippen LogP contribution is -2.38. The Labute approximate surface area is 247 Å². The zero-order valence-corrected chi connectivity index (χ0v) is 23.4. The fourth-order valence-corrected chi connectivity index (χ4v) is 4.39. The first-order chi connectivity index (χ1) is 20.5. The molecule has 0 spiro atoms. The van der Waals surface area contributed by atoms with Crippen molar-refractivity contribution in [2.45, 2.75) is 38.8 Å². The van der Waals surface area contributed by atoms with Gasteiger partial charge in [0.15, 0.2) is 0 Å². The molecule has 1 fully saturated rings. The maximum absolute atomic E-state index is 10.6. The third kappa shape index (κ3) is 9.77. The number of hydrogen-bond donors (Lipinski definition) is 2. The van der Waals surface area contributed by atoms with Crippen LogP contribution >= 0.6 is 0 Å². The van der Waals surface area contributed by atoms with E-state index in [2.05, 4.69) is 64.7 Å². The number of nitrogens with zero attached hydrogens (tertiary/aromatic N) is 4. The van der Waals surface area contributed by atoms with Gasteiger partial charge in [-0.2, -0.15) is 26.3 Å². The van der Waals surface area contributed by atoms with Gasteiger partial charge in [-0.15, -0.1) is 0 Å². The number of hydrogen-bond acceptors (Lipinski definition) is 6. The van der Waals surface area contributed by atoms with Gasteiger partial charge in [-0.3, -0.25) is 14.3 Å². The van der Waals surface area contributed by atoms with Crippen LogP contribution in [0.2, 0.25) is 0 Å². The average molecular weight is 627 g/mol. The highest BCUT2D eigenvalue weighted by Gasteiger charge is 2.38. The molecule has 3 aromatic heterocycles. The van der Waals surface area contributed by atoms with Crippen molar-refractivity contribution in [1.29, 1.82) is 0 Å². The van der Waals surface area contributed by atoms with Gasteiger partial charge in [-0.1, -0.05) is 35.4 Å². The molecule has 9 nitrogen and oxygen atoms in total. The predicted molar refractivity (Wildman–Crippen MR) is 146 cm³/mol. The molecule has 0 amide bonds. The number of alkyl halides is 6. The van der Waals surface area contributed by atoms with Gasteiger partial charge in [0.2, 0.25) is 0 Å². The van der Waals surface area contributed by atoms with Gasteiger partial charge in [-0.05, 0) is 43.7 Å². The van der Waals surface area contributed by atoms with E-state index in [9.17, 15) is 26.3 Å². The SMILES string of the molecule is Cc1cc(C)cc(CN2CCOC(c3cn4c(-c5ccncc5)cccc4n3)C2)c1.O=C(O)C(F)(F)F.O=C(O)C(F)(F)F. The molecule has 1 saturated heterocycles. The van der Waals surface area contributed by atoms with Crippen LogP contribution in [0.15, 0.2) is 67.1 Å². The van der Waals surface area contributed by atoms with Crippen molar-refractivity contribution in [3.05, 3.63) is 89.5 Å². The Hall–Kier alpha value is -4.50. The van der Waals surface area contributed by atoms with Crippen LogP contribution in [0.25, 0.3) is 16.9 Å². The Bertz CT molecular complexity index is 1530. The topological polar surface area (TPSA) is 117 Å². The Morgan fingerprint density at radius 2 is 1.50 bits per heavy atom. The van der Waals surface area contributed by atoms with E-state index in [0.29, 0.717) is 0 Å². The maximum atomic E-state index is 10.6. The summed E-state index contributed by atoms with van der Waals surface area (Å²) in [5, 5.41) is 14.2. The minimum absolute atomic E-state index is 0.0187. The van der Waals surface area contributed by atoms with Crippen LogP contribution in [0.3, 0.4) is 0 Å². The molecule has 1 unspecified atom stereocenters. The predicted octanol–water partition coefficient (Wildman–Crippen LogP) is 5.85. The summed E-state index contributed by atoms with van der Waals surface area (Å²) in [7, 11) is 0. The molecule has 1 aliphatic heterocycles. The second-order valence-electron chi connectivity index (χ2n) is 9.74. The number of aliphatic carboxylic acids is 2. The molecule has 236 valence electrons. The fourth-order valence-electron chi connectivity index (χ4n) is 4.39. The highest BCUT2D eigenvalue weighted by molar-refractivity contribution is 5.73. The van der Waals surface area contributed by atoms with Gasteiger partial charge in [0.05, 0.1) is 18.0 Å². The highest BCUT2D eigenvalue weighted by Crippen LogP contribution is 2.27. The highest BCUT2D eigenvalue weighted by atomic mass is 19.4. The number of morpholine rings is 1. The van der Waals surface area contributed by atoms with E-state index < -0.39 is 24.3 Å². The van der Waals surface area contributed by atoms with Gasteiger partial charge >= 0.3 is 24.3 Å². The molecule has 4 heterocycles. The number of benzene rings is 1. The number of fused-ring (bicyclic) bond motifs is 1. The first-order valence-corrected chi connectivity index (χ1v) is 12.9. The fraction of sp³-hybridized carbons (Fsp3) is 0.310. The number of aryl methyl sites for hydroxylation is 2. The van der Waals surface area contributed by atoms with E-state index in [0.717, 1.165) is 48.8 Å². The zero-order chi connectivity index (χ0) is 32.7. The number of halogens is 6. The van der Waals surface area contributed by atoms with E-state index >= 15 is 0 Å².